The number of aromatic nitrogens is 2. The molecule has 0 atom stereocenters. The summed E-state index contributed by atoms with van der Waals surface area (Å²) in [5, 5.41) is 0. The average molecular weight is 286 g/mol. The maximum atomic E-state index is 12.5. The first-order valence-corrected chi connectivity index (χ1v) is 5.88. The highest BCUT2D eigenvalue weighted by molar-refractivity contribution is 5.58. The summed E-state index contributed by atoms with van der Waals surface area (Å²) in [6.45, 7) is 0.761. The molecule has 1 N–H and O–H groups in total. The van der Waals surface area contributed by atoms with E-state index in [0.29, 0.717) is 24.4 Å². The lowest BCUT2D eigenvalue weighted by Gasteiger charge is -2.06. The van der Waals surface area contributed by atoms with Gasteiger partial charge in [-0.3, -0.25) is 4.57 Å². The molecule has 0 fully saturated rings. The van der Waals surface area contributed by atoms with Crippen LogP contribution in [-0.4, -0.2) is 23.3 Å². The van der Waals surface area contributed by atoms with Gasteiger partial charge in [-0.15, -0.1) is 0 Å². The summed E-state index contributed by atoms with van der Waals surface area (Å²) in [5.74, 6) is 0. The molecular weight excluding hydrogens is 273 g/mol. The zero-order valence-corrected chi connectivity index (χ0v) is 10.7. The SMILES string of the molecule is COCCn1cc(-c2ccc(C(F)(F)F)cc2)[nH]c1=O. The van der Waals surface area contributed by atoms with E-state index in [1.165, 1.54) is 23.8 Å². The fourth-order valence-corrected chi connectivity index (χ4v) is 1.77. The Morgan fingerprint density at radius 2 is 1.90 bits per heavy atom. The summed E-state index contributed by atoms with van der Waals surface area (Å²) in [7, 11) is 1.52. The summed E-state index contributed by atoms with van der Waals surface area (Å²) in [6, 6.07) is 4.63. The fraction of sp³-hybridized carbons (Fsp3) is 0.308. The minimum Gasteiger partial charge on any atom is -0.383 e. The van der Waals surface area contributed by atoms with Crippen LogP contribution in [0.1, 0.15) is 5.56 Å². The van der Waals surface area contributed by atoms with Crippen molar-refractivity contribution < 1.29 is 17.9 Å². The van der Waals surface area contributed by atoms with Gasteiger partial charge in [-0.25, -0.2) is 4.79 Å². The number of ether oxygens (including phenoxy) is 1. The highest BCUT2D eigenvalue weighted by Gasteiger charge is 2.30. The third-order valence-corrected chi connectivity index (χ3v) is 2.85. The number of nitrogens with one attached hydrogen (secondary N) is 1. The maximum Gasteiger partial charge on any atom is 0.416 e. The van der Waals surface area contributed by atoms with Crippen LogP contribution in [0, 0.1) is 0 Å². The molecule has 1 heterocycles. The number of halogens is 3. The highest BCUT2D eigenvalue weighted by atomic mass is 19.4. The van der Waals surface area contributed by atoms with E-state index in [1.807, 2.05) is 0 Å². The molecule has 1 aromatic heterocycles. The van der Waals surface area contributed by atoms with Gasteiger partial charge in [0.05, 0.1) is 24.4 Å². The van der Waals surface area contributed by atoms with Crippen LogP contribution in [0.2, 0.25) is 0 Å². The van der Waals surface area contributed by atoms with Crippen molar-refractivity contribution >= 4 is 0 Å². The van der Waals surface area contributed by atoms with Crippen molar-refractivity contribution in [1.82, 2.24) is 9.55 Å². The number of H-pyrrole nitrogens is 1. The van der Waals surface area contributed by atoms with Crippen molar-refractivity contribution in [3.8, 4) is 11.3 Å². The minimum atomic E-state index is -4.36. The van der Waals surface area contributed by atoms with E-state index in [1.54, 1.807) is 6.20 Å². The number of hydrogen-bond acceptors (Lipinski definition) is 2. The van der Waals surface area contributed by atoms with E-state index in [-0.39, 0.29) is 5.69 Å². The van der Waals surface area contributed by atoms with Gasteiger partial charge < -0.3 is 9.72 Å². The Hall–Kier alpha value is -2.02. The standard InChI is InChI=1S/C13H13F3N2O2/c1-20-7-6-18-8-11(17-12(18)19)9-2-4-10(5-3-9)13(14,15)16/h2-5,8H,6-7H2,1H3,(H,17,19). The molecule has 0 radical (unpaired) electrons. The molecule has 0 amide bonds. The lowest BCUT2D eigenvalue weighted by Crippen LogP contribution is -2.18. The number of imidazole rings is 1. The second-order valence-electron chi connectivity index (χ2n) is 4.23. The molecule has 0 aliphatic carbocycles. The Morgan fingerprint density at radius 3 is 2.45 bits per heavy atom. The number of rotatable bonds is 4. The smallest absolute Gasteiger partial charge is 0.383 e. The Labute approximate surface area is 112 Å². The first kappa shape index (κ1) is 14.4. The summed E-state index contributed by atoms with van der Waals surface area (Å²) >= 11 is 0. The van der Waals surface area contributed by atoms with Crippen LogP contribution in [0.15, 0.2) is 35.3 Å². The molecule has 0 unspecified atom stereocenters. The van der Waals surface area contributed by atoms with Gasteiger partial charge in [0.15, 0.2) is 0 Å². The Balaban J connectivity index is 2.26. The van der Waals surface area contributed by atoms with E-state index in [2.05, 4.69) is 4.98 Å². The second kappa shape index (κ2) is 5.54. The molecule has 4 nitrogen and oxygen atoms in total. The van der Waals surface area contributed by atoms with Crippen molar-refractivity contribution in [2.75, 3.05) is 13.7 Å². The third-order valence-electron chi connectivity index (χ3n) is 2.85. The Morgan fingerprint density at radius 1 is 1.25 bits per heavy atom. The average Bonchev–Trinajstić information content (AvgIpc) is 2.77. The summed E-state index contributed by atoms with van der Waals surface area (Å²) < 4.78 is 43.6. The van der Waals surface area contributed by atoms with Crippen molar-refractivity contribution in [3.05, 3.63) is 46.5 Å². The van der Waals surface area contributed by atoms with Gasteiger partial charge in [0.25, 0.3) is 0 Å². The number of methoxy groups -OCH3 is 1. The zero-order valence-electron chi connectivity index (χ0n) is 10.7. The summed E-state index contributed by atoms with van der Waals surface area (Å²) in [6.07, 6.45) is -2.81. The lowest BCUT2D eigenvalue weighted by molar-refractivity contribution is -0.137. The van der Waals surface area contributed by atoms with E-state index in [0.717, 1.165) is 12.1 Å². The molecular formula is C13H13F3N2O2. The molecule has 0 spiro atoms. The predicted molar refractivity (Wildman–Crippen MR) is 67.4 cm³/mol. The number of hydrogen-bond donors (Lipinski definition) is 1. The quantitative estimate of drug-likeness (QED) is 0.938. The normalized spacial score (nSPS) is 11.8. The number of alkyl halides is 3. The van der Waals surface area contributed by atoms with Gasteiger partial charge in [-0.2, -0.15) is 13.2 Å². The molecule has 2 rings (SSSR count). The molecule has 0 saturated heterocycles. The van der Waals surface area contributed by atoms with Crippen LogP contribution in [0.3, 0.4) is 0 Å². The highest BCUT2D eigenvalue weighted by Crippen LogP contribution is 2.30. The second-order valence-corrected chi connectivity index (χ2v) is 4.23. The van der Waals surface area contributed by atoms with E-state index in [9.17, 15) is 18.0 Å². The molecule has 0 aliphatic heterocycles. The number of benzene rings is 1. The van der Waals surface area contributed by atoms with Gasteiger partial charge in [0.2, 0.25) is 0 Å². The van der Waals surface area contributed by atoms with Crippen LogP contribution in [0.25, 0.3) is 11.3 Å². The Bertz CT molecular complexity index is 626. The molecule has 20 heavy (non-hydrogen) atoms. The van der Waals surface area contributed by atoms with Crippen LogP contribution >= 0.6 is 0 Å². The Kier molecular flexibility index (Phi) is 3.99. The van der Waals surface area contributed by atoms with Crippen LogP contribution in [-0.2, 0) is 17.5 Å². The number of nitrogens with zero attached hydrogens (tertiary/aromatic N) is 1. The first-order valence-electron chi connectivity index (χ1n) is 5.88. The van der Waals surface area contributed by atoms with E-state index >= 15 is 0 Å². The first-order chi connectivity index (χ1) is 9.41. The van der Waals surface area contributed by atoms with Crippen molar-refractivity contribution in [3.63, 3.8) is 0 Å². The van der Waals surface area contributed by atoms with E-state index < -0.39 is 11.7 Å². The molecule has 0 bridgehead atoms. The van der Waals surface area contributed by atoms with Gasteiger partial charge in [0.1, 0.15) is 0 Å². The lowest BCUT2D eigenvalue weighted by atomic mass is 10.1. The summed E-state index contributed by atoms with van der Waals surface area (Å²) in [4.78, 5) is 14.2. The van der Waals surface area contributed by atoms with Gasteiger partial charge in [-0.1, -0.05) is 12.1 Å². The van der Waals surface area contributed by atoms with Gasteiger partial charge in [-0.05, 0) is 17.7 Å². The summed E-state index contributed by atoms with van der Waals surface area (Å²) in [5.41, 5.74) is -0.0505. The minimum absolute atomic E-state index is 0.322. The van der Waals surface area contributed by atoms with Crippen LogP contribution in [0.5, 0.6) is 0 Å². The zero-order chi connectivity index (χ0) is 14.8. The van der Waals surface area contributed by atoms with Crippen molar-refractivity contribution in [1.29, 1.82) is 0 Å². The maximum absolute atomic E-state index is 12.5. The monoisotopic (exact) mass is 286 g/mol. The van der Waals surface area contributed by atoms with Crippen LogP contribution in [0.4, 0.5) is 13.2 Å². The van der Waals surface area contributed by atoms with Gasteiger partial charge >= 0.3 is 11.9 Å². The predicted octanol–water partition coefficient (Wildman–Crippen LogP) is 2.51. The van der Waals surface area contributed by atoms with Gasteiger partial charge in [0, 0.05) is 13.3 Å². The molecule has 1 aromatic carbocycles. The molecule has 7 heteroatoms. The van der Waals surface area contributed by atoms with Crippen molar-refractivity contribution in [2.24, 2.45) is 0 Å². The number of aromatic amines is 1. The third kappa shape index (κ3) is 3.11. The molecule has 108 valence electrons. The molecule has 0 saturated carbocycles. The largest absolute Gasteiger partial charge is 0.416 e. The fourth-order valence-electron chi connectivity index (χ4n) is 1.77. The van der Waals surface area contributed by atoms with Crippen molar-refractivity contribution in [2.45, 2.75) is 12.7 Å². The molecule has 0 aliphatic rings. The van der Waals surface area contributed by atoms with E-state index in [4.69, 9.17) is 4.74 Å². The van der Waals surface area contributed by atoms with Crippen LogP contribution < -0.4 is 5.69 Å². The molecule has 2 aromatic rings. The topological polar surface area (TPSA) is 47.0 Å².